The normalized spacial score (nSPS) is 18.7. The van der Waals surface area contributed by atoms with Crippen molar-refractivity contribution >= 4 is 11.6 Å². The van der Waals surface area contributed by atoms with Crippen molar-refractivity contribution in [1.82, 2.24) is 0 Å². The molecule has 1 saturated carbocycles. The minimum atomic E-state index is -0.0128. The molecule has 0 unspecified atom stereocenters. The molecule has 2 heteroatoms. The first-order valence-electron chi connectivity index (χ1n) is 5.47. The maximum Gasteiger partial charge on any atom is 0.0755 e. The molecule has 0 heterocycles. The molecule has 0 bridgehead atoms. The quantitative estimate of drug-likeness (QED) is 0.734. The van der Waals surface area contributed by atoms with Crippen LogP contribution in [-0.4, -0.2) is 0 Å². The third kappa shape index (κ3) is 2.16. The van der Waals surface area contributed by atoms with Crippen molar-refractivity contribution in [3.05, 3.63) is 34.9 Å². The highest BCUT2D eigenvalue weighted by molar-refractivity contribution is 6.31. The van der Waals surface area contributed by atoms with Gasteiger partial charge in [0.25, 0.3) is 0 Å². The van der Waals surface area contributed by atoms with Crippen LogP contribution in [0, 0.1) is 17.2 Å². The predicted octanol–water partition coefficient (Wildman–Crippen LogP) is 4.14. The van der Waals surface area contributed by atoms with Gasteiger partial charge >= 0.3 is 0 Å². The van der Waals surface area contributed by atoms with E-state index in [1.807, 2.05) is 24.3 Å². The van der Waals surface area contributed by atoms with Crippen molar-refractivity contribution in [1.29, 1.82) is 5.26 Å². The molecule has 0 aliphatic heterocycles. The van der Waals surface area contributed by atoms with E-state index in [0.29, 0.717) is 5.92 Å². The van der Waals surface area contributed by atoms with E-state index in [-0.39, 0.29) is 5.92 Å². The first-order chi connectivity index (χ1) is 7.33. The van der Waals surface area contributed by atoms with Crippen molar-refractivity contribution in [2.75, 3.05) is 0 Å². The van der Waals surface area contributed by atoms with Crippen LogP contribution in [0.4, 0.5) is 0 Å². The highest BCUT2D eigenvalue weighted by Crippen LogP contribution is 2.39. The molecule has 2 rings (SSSR count). The van der Waals surface area contributed by atoms with Crippen LogP contribution in [0.15, 0.2) is 24.3 Å². The molecule has 0 radical (unpaired) electrons. The van der Waals surface area contributed by atoms with Crippen LogP contribution in [0.25, 0.3) is 0 Å². The van der Waals surface area contributed by atoms with Crippen LogP contribution in [0.2, 0.25) is 5.02 Å². The van der Waals surface area contributed by atoms with E-state index in [9.17, 15) is 5.26 Å². The lowest BCUT2D eigenvalue weighted by Gasteiger charge is -2.17. The zero-order valence-corrected chi connectivity index (χ0v) is 9.37. The molecule has 78 valence electrons. The fourth-order valence-electron chi connectivity index (χ4n) is 2.45. The van der Waals surface area contributed by atoms with E-state index < -0.39 is 0 Å². The number of rotatable bonds is 2. The summed E-state index contributed by atoms with van der Waals surface area (Å²) in [5, 5.41) is 9.99. The minimum absolute atomic E-state index is 0.0128. The molecule has 1 aromatic carbocycles. The van der Waals surface area contributed by atoms with Gasteiger partial charge in [-0.15, -0.1) is 0 Å². The minimum Gasteiger partial charge on any atom is -0.198 e. The zero-order chi connectivity index (χ0) is 10.7. The smallest absolute Gasteiger partial charge is 0.0755 e. The Morgan fingerprint density at radius 1 is 1.27 bits per heavy atom. The molecule has 0 spiro atoms. The molecule has 0 amide bonds. The van der Waals surface area contributed by atoms with Crippen molar-refractivity contribution in [3.8, 4) is 6.07 Å². The second kappa shape index (κ2) is 4.68. The largest absolute Gasteiger partial charge is 0.198 e. The van der Waals surface area contributed by atoms with Crippen molar-refractivity contribution < 1.29 is 0 Å². The summed E-state index contributed by atoms with van der Waals surface area (Å²) in [5.41, 5.74) is 1.01. The maximum atomic E-state index is 9.26. The third-order valence-corrected chi connectivity index (χ3v) is 3.59. The predicted molar refractivity (Wildman–Crippen MR) is 61.8 cm³/mol. The van der Waals surface area contributed by atoms with Gasteiger partial charge in [-0.1, -0.05) is 42.6 Å². The van der Waals surface area contributed by atoms with Gasteiger partial charge in [-0.05, 0) is 30.4 Å². The number of nitrogens with zero attached hydrogens (tertiary/aromatic N) is 1. The lowest BCUT2D eigenvalue weighted by atomic mass is 9.86. The van der Waals surface area contributed by atoms with Crippen LogP contribution in [0.3, 0.4) is 0 Å². The topological polar surface area (TPSA) is 23.8 Å². The van der Waals surface area contributed by atoms with Gasteiger partial charge in [0.05, 0.1) is 12.0 Å². The Labute approximate surface area is 95.7 Å². The van der Waals surface area contributed by atoms with Gasteiger partial charge in [0.1, 0.15) is 0 Å². The van der Waals surface area contributed by atoms with Crippen LogP contribution >= 0.6 is 11.6 Å². The molecule has 0 N–H and O–H groups in total. The number of nitriles is 1. The van der Waals surface area contributed by atoms with Gasteiger partial charge in [-0.25, -0.2) is 0 Å². The average Bonchev–Trinajstić information content (AvgIpc) is 2.75. The molecule has 1 aliphatic rings. The summed E-state index contributed by atoms with van der Waals surface area (Å²) in [6.07, 6.45) is 4.85. The fraction of sp³-hybridized carbons (Fsp3) is 0.462. The SMILES string of the molecule is N#C[C@@H](c1ccccc1Cl)C1CCCC1. The van der Waals surface area contributed by atoms with Gasteiger partial charge in [0.2, 0.25) is 0 Å². The highest BCUT2D eigenvalue weighted by atomic mass is 35.5. The molecule has 1 aromatic rings. The van der Waals surface area contributed by atoms with E-state index >= 15 is 0 Å². The molecular weight excluding hydrogens is 206 g/mol. The summed E-state index contributed by atoms with van der Waals surface area (Å²) in [6.45, 7) is 0. The fourth-order valence-corrected chi connectivity index (χ4v) is 2.70. The van der Waals surface area contributed by atoms with E-state index in [4.69, 9.17) is 11.6 Å². The monoisotopic (exact) mass is 219 g/mol. The van der Waals surface area contributed by atoms with Crippen LogP contribution in [-0.2, 0) is 0 Å². The number of hydrogen-bond donors (Lipinski definition) is 0. The van der Waals surface area contributed by atoms with Gasteiger partial charge in [-0.2, -0.15) is 5.26 Å². The first-order valence-corrected chi connectivity index (χ1v) is 5.85. The van der Waals surface area contributed by atoms with Crippen LogP contribution in [0.5, 0.6) is 0 Å². The Bertz CT molecular complexity index is 374. The second-order valence-corrected chi connectivity index (χ2v) is 4.58. The summed E-state index contributed by atoms with van der Waals surface area (Å²) in [5.74, 6) is 0.496. The Morgan fingerprint density at radius 3 is 2.53 bits per heavy atom. The summed E-state index contributed by atoms with van der Waals surface area (Å²) in [4.78, 5) is 0. The third-order valence-electron chi connectivity index (χ3n) is 3.25. The maximum absolute atomic E-state index is 9.26. The highest BCUT2D eigenvalue weighted by Gasteiger charge is 2.27. The van der Waals surface area contributed by atoms with E-state index in [0.717, 1.165) is 10.6 Å². The van der Waals surface area contributed by atoms with E-state index in [1.165, 1.54) is 25.7 Å². The summed E-state index contributed by atoms with van der Waals surface area (Å²) in [7, 11) is 0. The first kappa shape index (κ1) is 10.5. The van der Waals surface area contributed by atoms with Crippen LogP contribution in [0.1, 0.15) is 37.2 Å². The molecule has 0 aromatic heterocycles. The van der Waals surface area contributed by atoms with Crippen molar-refractivity contribution in [3.63, 3.8) is 0 Å². The van der Waals surface area contributed by atoms with E-state index in [1.54, 1.807) is 0 Å². The number of hydrogen-bond acceptors (Lipinski definition) is 1. The molecule has 15 heavy (non-hydrogen) atoms. The Morgan fingerprint density at radius 2 is 1.93 bits per heavy atom. The number of halogens is 1. The summed E-state index contributed by atoms with van der Waals surface area (Å²) >= 11 is 6.13. The van der Waals surface area contributed by atoms with Gasteiger partial charge in [0, 0.05) is 5.02 Å². The van der Waals surface area contributed by atoms with Crippen molar-refractivity contribution in [2.24, 2.45) is 5.92 Å². The zero-order valence-electron chi connectivity index (χ0n) is 8.62. The Hall–Kier alpha value is -1.00. The molecule has 1 atom stereocenters. The second-order valence-electron chi connectivity index (χ2n) is 4.17. The standard InChI is InChI=1S/C13H14ClN/c14-13-8-4-3-7-11(13)12(9-15)10-5-1-2-6-10/h3-4,7-8,10,12H,1-2,5-6H2/t12-/m1/s1. The Balaban J connectivity index is 2.27. The van der Waals surface area contributed by atoms with Crippen molar-refractivity contribution in [2.45, 2.75) is 31.6 Å². The molecule has 1 nitrogen and oxygen atoms in total. The number of benzene rings is 1. The summed E-state index contributed by atoms with van der Waals surface area (Å²) in [6, 6.07) is 10.1. The molecule has 1 aliphatic carbocycles. The lowest BCUT2D eigenvalue weighted by molar-refractivity contribution is 0.501. The average molecular weight is 220 g/mol. The molecule has 0 saturated heterocycles. The lowest BCUT2D eigenvalue weighted by Crippen LogP contribution is -2.08. The molecule has 1 fully saturated rings. The Kier molecular flexibility index (Phi) is 3.28. The van der Waals surface area contributed by atoms with Gasteiger partial charge in [-0.3, -0.25) is 0 Å². The van der Waals surface area contributed by atoms with Gasteiger partial charge < -0.3 is 0 Å². The van der Waals surface area contributed by atoms with E-state index in [2.05, 4.69) is 6.07 Å². The molecular formula is C13H14ClN. The van der Waals surface area contributed by atoms with Crippen LogP contribution < -0.4 is 0 Å². The summed E-state index contributed by atoms with van der Waals surface area (Å²) < 4.78 is 0. The van der Waals surface area contributed by atoms with Gasteiger partial charge in [0.15, 0.2) is 0 Å².